The van der Waals surface area contributed by atoms with E-state index < -0.39 is 0 Å². The van der Waals surface area contributed by atoms with Gasteiger partial charge in [-0.2, -0.15) is 0 Å². The molecular weight excluding hydrogens is 417 g/mol. The molecule has 0 aliphatic rings. The van der Waals surface area contributed by atoms with Crippen molar-refractivity contribution < 1.29 is 14.2 Å². The minimum Gasteiger partial charge on any atom is -0.497 e. The predicted molar refractivity (Wildman–Crippen MR) is 106 cm³/mol. The molecule has 0 fully saturated rings. The number of methoxy groups -OCH3 is 1. The van der Waals surface area contributed by atoms with Gasteiger partial charge in [-0.3, -0.25) is 0 Å². The molecule has 5 heteroatoms. The maximum atomic E-state index is 5.85. The Morgan fingerprint density at radius 3 is 2.42 bits per heavy atom. The summed E-state index contributed by atoms with van der Waals surface area (Å²) >= 11 is 2.31. The molecule has 0 heterocycles. The Bertz CT molecular complexity index is 644. The molecule has 0 aromatic heterocycles. The lowest BCUT2D eigenvalue weighted by molar-refractivity contribution is 0.275. The van der Waals surface area contributed by atoms with E-state index in [0.717, 1.165) is 45.0 Å². The zero-order valence-electron chi connectivity index (χ0n) is 14.4. The fourth-order valence-corrected chi connectivity index (χ4v) is 3.07. The number of hydrogen-bond acceptors (Lipinski definition) is 4. The van der Waals surface area contributed by atoms with Crippen molar-refractivity contribution in [2.45, 2.75) is 26.8 Å². The molecule has 0 atom stereocenters. The Labute approximate surface area is 157 Å². The number of rotatable bonds is 9. The van der Waals surface area contributed by atoms with Crippen LogP contribution < -0.4 is 19.5 Å². The highest BCUT2D eigenvalue weighted by atomic mass is 127. The van der Waals surface area contributed by atoms with Gasteiger partial charge in [-0.05, 0) is 77.9 Å². The van der Waals surface area contributed by atoms with E-state index in [-0.39, 0.29) is 0 Å². The third-order valence-corrected chi connectivity index (χ3v) is 4.21. The molecular formula is C19H24INO3. The summed E-state index contributed by atoms with van der Waals surface area (Å²) in [7, 11) is 1.67. The molecule has 130 valence electrons. The van der Waals surface area contributed by atoms with Crippen LogP contribution in [0.25, 0.3) is 0 Å². The summed E-state index contributed by atoms with van der Waals surface area (Å²) in [5.74, 6) is 2.50. The van der Waals surface area contributed by atoms with E-state index in [1.54, 1.807) is 7.11 Å². The normalized spacial score (nSPS) is 10.3. The van der Waals surface area contributed by atoms with E-state index in [9.17, 15) is 0 Å². The van der Waals surface area contributed by atoms with Gasteiger partial charge in [-0.1, -0.05) is 6.92 Å². The lowest BCUT2D eigenvalue weighted by Gasteiger charge is -2.16. The minimum absolute atomic E-state index is 0.619. The van der Waals surface area contributed by atoms with Crippen LogP contribution >= 0.6 is 22.6 Å². The first-order chi connectivity index (χ1) is 11.7. The van der Waals surface area contributed by atoms with E-state index in [1.165, 1.54) is 0 Å². The Morgan fingerprint density at radius 1 is 1.04 bits per heavy atom. The monoisotopic (exact) mass is 441 g/mol. The zero-order valence-corrected chi connectivity index (χ0v) is 16.6. The van der Waals surface area contributed by atoms with Crippen molar-refractivity contribution in [3.8, 4) is 17.2 Å². The van der Waals surface area contributed by atoms with Gasteiger partial charge in [0.05, 0.1) is 23.9 Å². The Morgan fingerprint density at radius 2 is 1.79 bits per heavy atom. The van der Waals surface area contributed by atoms with Gasteiger partial charge in [-0.15, -0.1) is 0 Å². The first-order valence-corrected chi connectivity index (χ1v) is 9.21. The van der Waals surface area contributed by atoms with Crippen LogP contribution in [0, 0.1) is 3.57 Å². The van der Waals surface area contributed by atoms with Crippen LogP contribution in [-0.4, -0.2) is 20.3 Å². The molecule has 0 aliphatic heterocycles. The fourth-order valence-electron chi connectivity index (χ4n) is 2.24. The SMILES string of the molecule is CCCOc1c(I)cc(CNc2ccc(OC)cc2)cc1OCC. The smallest absolute Gasteiger partial charge is 0.174 e. The first kappa shape index (κ1) is 18.7. The molecule has 2 aromatic carbocycles. The van der Waals surface area contributed by atoms with Gasteiger partial charge in [0.15, 0.2) is 11.5 Å². The van der Waals surface area contributed by atoms with Gasteiger partial charge in [-0.25, -0.2) is 0 Å². The van der Waals surface area contributed by atoms with E-state index in [2.05, 4.69) is 40.9 Å². The summed E-state index contributed by atoms with van der Waals surface area (Å²) in [6.45, 7) is 6.11. The molecule has 0 bridgehead atoms. The van der Waals surface area contributed by atoms with Gasteiger partial charge in [0.2, 0.25) is 0 Å². The maximum Gasteiger partial charge on any atom is 0.174 e. The van der Waals surface area contributed by atoms with Crippen molar-refractivity contribution in [1.82, 2.24) is 0 Å². The molecule has 0 spiro atoms. The highest BCUT2D eigenvalue weighted by Crippen LogP contribution is 2.34. The number of benzene rings is 2. The Kier molecular flexibility index (Phi) is 7.49. The molecule has 24 heavy (non-hydrogen) atoms. The first-order valence-electron chi connectivity index (χ1n) is 8.13. The molecule has 0 saturated heterocycles. The quantitative estimate of drug-likeness (QED) is 0.550. The molecule has 0 amide bonds. The summed E-state index contributed by atoms with van der Waals surface area (Å²) in [4.78, 5) is 0. The van der Waals surface area contributed by atoms with Crippen molar-refractivity contribution in [2.75, 3.05) is 25.6 Å². The third kappa shape index (κ3) is 5.19. The van der Waals surface area contributed by atoms with E-state index in [1.807, 2.05) is 37.3 Å². The Balaban J connectivity index is 2.11. The molecule has 4 nitrogen and oxygen atoms in total. The van der Waals surface area contributed by atoms with Crippen LogP contribution in [0.1, 0.15) is 25.8 Å². The van der Waals surface area contributed by atoms with Crippen LogP contribution in [-0.2, 0) is 6.54 Å². The second-order valence-corrected chi connectivity index (χ2v) is 6.43. The van der Waals surface area contributed by atoms with Crippen molar-refractivity contribution >= 4 is 28.3 Å². The molecule has 0 unspecified atom stereocenters. The predicted octanol–water partition coefficient (Wildman–Crippen LogP) is 5.10. The topological polar surface area (TPSA) is 39.7 Å². The van der Waals surface area contributed by atoms with Crippen LogP contribution in [0.3, 0.4) is 0 Å². The standard InChI is InChI=1S/C19H24INO3/c1-4-10-24-19-17(20)11-14(12-18(19)23-5-2)13-21-15-6-8-16(22-3)9-7-15/h6-9,11-12,21H,4-5,10,13H2,1-3H3. The van der Waals surface area contributed by atoms with Crippen molar-refractivity contribution in [3.05, 3.63) is 45.5 Å². The molecule has 0 saturated carbocycles. The summed E-state index contributed by atoms with van der Waals surface area (Å²) in [5, 5.41) is 3.42. The number of halogens is 1. The molecule has 2 rings (SSSR count). The van der Waals surface area contributed by atoms with Crippen LogP contribution in [0.15, 0.2) is 36.4 Å². The number of nitrogens with one attached hydrogen (secondary N) is 1. The lowest BCUT2D eigenvalue weighted by Crippen LogP contribution is -2.05. The van der Waals surface area contributed by atoms with E-state index in [4.69, 9.17) is 14.2 Å². The van der Waals surface area contributed by atoms with Gasteiger partial charge in [0.1, 0.15) is 5.75 Å². The Hall–Kier alpha value is -1.63. The lowest BCUT2D eigenvalue weighted by atomic mass is 10.2. The zero-order chi connectivity index (χ0) is 17.4. The fraction of sp³-hybridized carbons (Fsp3) is 0.368. The largest absolute Gasteiger partial charge is 0.497 e. The number of anilines is 1. The van der Waals surface area contributed by atoms with Gasteiger partial charge in [0.25, 0.3) is 0 Å². The van der Waals surface area contributed by atoms with Crippen LogP contribution in [0.2, 0.25) is 0 Å². The van der Waals surface area contributed by atoms with Gasteiger partial charge < -0.3 is 19.5 Å². The second kappa shape index (κ2) is 9.61. The molecule has 2 aromatic rings. The summed E-state index contributed by atoms with van der Waals surface area (Å²) in [6, 6.07) is 12.1. The minimum atomic E-state index is 0.619. The van der Waals surface area contributed by atoms with Crippen LogP contribution in [0.5, 0.6) is 17.2 Å². The van der Waals surface area contributed by atoms with Crippen LogP contribution in [0.4, 0.5) is 5.69 Å². The second-order valence-electron chi connectivity index (χ2n) is 5.27. The average molecular weight is 441 g/mol. The van der Waals surface area contributed by atoms with Gasteiger partial charge >= 0.3 is 0 Å². The summed E-state index contributed by atoms with van der Waals surface area (Å²) < 4.78 is 17.9. The molecule has 0 radical (unpaired) electrons. The van der Waals surface area contributed by atoms with Crippen molar-refractivity contribution in [1.29, 1.82) is 0 Å². The molecule has 1 N–H and O–H groups in total. The van der Waals surface area contributed by atoms with Crippen molar-refractivity contribution in [2.24, 2.45) is 0 Å². The third-order valence-electron chi connectivity index (χ3n) is 3.41. The summed E-state index contributed by atoms with van der Waals surface area (Å²) in [5.41, 5.74) is 2.21. The highest BCUT2D eigenvalue weighted by Gasteiger charge is 2.12. The average Bonchev–Trinajstić information content (AvgIpc) is 2.60. The number of ether oxygens (including phenoxy) is 3. The number of hydrogen-bond donors (Lipinski definition) is 1. The molecule has 0 aliphatic carbocycles. The van der Waals surface area contributed by atoms with Crippen molar-refractivity contribution in [3.63, 3.8) is 0 Å². The highest BCUT2D eigenvalue weighted by molar-refractivity contribution is 14.1. The van der Waals surface area contributed by atoms with E-state index in [0.29, 0.717) is 13.2 Å². The maximum absolute atomic E-state index is 5.85. The van der Waals surface area contributed by atoms with Gasteiger partial charge in [0, 0.05) is 12.2 Å². The summed E-state index contributed by atoms with van der Waals surface area (Å²) in [6.07, 6.45) is 0.975. The van der Waals surface area contributed by atoms with E-state index >= 15 is 0 Å².